The number of amides is 1. The van der Waals surface area contributed by atoms with Gasteiger partial charge in [0, 0.05) is 61.6 Å². The quantitative estimate of drug-likeness (QED) is 0.229. The van der Waals surface area contributed by atoms with Gasteiger partial charge in [0.25, 0.3) is 5.91 Å². The van der Waals surface area contributed by atoms with Gasteiger partial charge in [0.15, 0.2) is 0 Å². The zero-order chi connectivity index (χ0) is 28.2. The van der Waals surface area contributed by atoms with Crippen LogP contribution in [0.1, 0.15) is 45.3 Å². The van der Waals surface area contributed by atoms with Crippen LogP contribution in [-0.2, 0) is 11.3 Å². The minimum Gasteiger partial charge on any atom is -0.372 e. The molecule has 2 aliphatic heterocycles. The molecule has 0 unspecified atom stereocenters. The molecule has 6 rings (SSSR count). The molecule has 2 fully saturated rings. The number of carbonyl (C=O) groups is 1. The van der Waals surface area contributed by atoms with E-state index < -0.39 is 0 Å². The molecular weight excluding hydrogens is 552 g/mol. The van der Waals surface area contributed by atoms with Gasteiger partial charge in [-0.25, -0.2) is 0 Å². The topological polar surface area (TPSA) is 59.8 Å². The van der Waals surface area contributed by atoms with Crippen molar-refractivity contribution in [3.63, 3.8) is 0 Å². The third-order valence-corrected chi connectivity index (χ3v) is 9.72. The summed E-state index contributed by atoms with van der Waals surface area (Å²) in [6.07, 6.45) is 2.35. The molecule has 8 heteroatoms. The van der Waals surface area contributed by atoms with Gasteiger partial charge in [0.05, 0.1) is 29.4 Å². The van der Waals surface area contributed by atoms with Crippen molar-refractivity contribution >= 4 is 44.6 Å². The molecule has 0 aliphatic carbocycles. The van der Waals surface area contributed by atoms with Crippen molar-refractivity contribution in [2.75, 3.05) is 50.7 Å². The Labute approximate surface area is 250 Å². The summed E-state index contributed by atoms with van der Waals surface area (Å²) >= 11 is 8.09. The highest BCUT2D eigenvalue weighted by Crippen LogP contribution is 2.36. The summed E-state index contributed by atoms with van der Waals surface area (Å²) in [7, 11) is 0. The molecule has 3 aromatic carbocycles. The van der Waals surface area contributed by atoms with Crippen LogP contribution in [0, 0.1) is 11.3 Å². The first-order chi connectivity index (χ1) is 20.1. The Bertz CT molecular complexity index is 1550. The maximum atomic E-state index is 13.4. The zero-order valence-electron chi connectivity index (χ0n) is 23.0. The van der Waals surface area contributed by atoms with Gasteiger partial charge in [-0.2, -0.15) is 5.26 Å². The molecule has 2 aliphatic rings. The number of fused-ring (bicyclic) bond motifs is 1. The lowest BCUT2D eigenvalue weighted by Crippen LogP contribution is -2.49. The molecule has 0 bridgehead atoms. The third kappa shape index (κ3) is 6.27. The number of ether oxygens (including phenoxy) is 1. The second kappa shape index (κ2) is 12.6. The maximum Gasteiger partial charge on any atom is 0.265 e. The molecule has 4 aromatic rings. The van der Waals surface area contributed by atoms with Gasteiger partial charge in [-0.1, -0.05) is 54.1 Å². The van der Waals surface area contributed by atoms with E-state index in [4.69, 9.17) is 21.6 Å². The van der Waals surface area contributed by atoms with Crippen molar-refractivity contribution in [2.45, 2.75) is 25.6 Å². The summed E-state index contributed by atoms with van der Waals surface area (Å²) in [6.45, 7) is 6.26. The summed E-state index contributed by atoms with van der Waals surface area (Å²) in [6, 6.07) is 26.4. The van der Waals surface area contributed by atoms with Gasteiger partial charge in [0.1, 0.15) is 4.88 Å². The molecule has 0 radical (unpaired) electrons. The molecule has 210 valence electrons. The number of thiophene rings is 1. The SMILES string of the molecule is N#Cc1ccc(CO[C@H](CN2CCN(C(=O)c3sc4ccccc4c3Cl)CC2)c2cccc(N3CCCC3)c2)cc1. The van der Waals surface area contributed by atoms with Crippen LogP contribution in [0.15, 0.2) is 72.8 Å². The first-order valence-electron chi connectivity index (χ1n) is 14.2. The van der Waals surface area contributed by atoms with Gasteiger partial charge in [-0.15, -0.1) is 11.3 Å². The van der Waals surface area contributed by atoms with Crippen LogP contribution in [0.5, 0.6) is 0 Å². The van der Waals surface area contributed by atoms with Crippen molar-refractivity contribution in [1.29, 1.82) is 5.26 Å². The number of rotatable bonds is 8. The zero-order valence-corrected chi connectivity index (χ0v) is 24.5. The molecular formula is C33H33ClN4O2S. The molecule has 0 spiro atoms. The number of hydrogen-bond acceptors (Lipinski definition) is 6. The lowest BCUT2D eigenvalue weighted by molar-refractivity contribution is 0.00349. The summed E-state index contributed by atoms with van der Waals surface area (Å²) < 4.78 is 7.60. The van der Waals surface area contributed by atoms with Gasteiger partial charge in [-0.05, 0) is 54.3 Å². The van der Waals surface area contributed by atoms with Crippen LogP contribution in [0.2, 0.25) is 5.02 Å². The Morgan fingerprint density at radius 1 is 0.951 bits per heavy atom. The van der Waals surface area contributed by atoms with Crippen LogP contribution in [0.4, 0.5) is 5.69 Å². The number of benzene rings is 3. The first-order valence-corrected chi connectivity index (χ1v) is 15.4. The average Bonchev–Trinajstić information content (AvgIpc) is 3.68. The Kier molecular flexibility index (Phi) is 8.54. The van der Waals surface area contributed by atoms with Gasteiger partial charge < -0.3 is 14.5 Å². The van der Waals surface area contributed by atoms with E-state index >= 15 is 0 Å². The van der Waals surface area contributed by atoms with Crippen molar-refractivity contribution < 1.29 is 9.53 Å². The van der Waals surface area contributed by atoms with Crippen LogP contribution in [0.25, 0.3) is 10.1 Å². The van der Waals surface area contributed by atoms with Crippen molar-refractivity contribution in [3.05, 3.63) is 99.4 Å². The Morgan fingerprint density at radius 3 is 2.44 bits per heavy atom. The lowest BCUT2D eigenvalue weighted by atomic mass is 10.1. The van der Waals surface area contributed by atoms with E-state index in [2.05, 4.69) is 40.1 Å². The number of carbonyl (C=O) groups excluding carboxylic acids is 1. The molecule has 1 amide bonds. The number of nitriles is 1. The predicted molar refractivity (Wildman–Crippen MR) is 166 cm³/mol. The van der Waals surface area contributed by atoms with E-state index in [1.807, 2.05) is 53.4 Å². The smallest absolute Gasteiger partial charge is 0.265 e. The number of nitrogens with zero attached hydrogens (tertiary/aromatic N) is 4. The van der Waals surface area contributed by atoms with Crippen LogP contribution in [-0.4, -0.2) is 61.5 Å². The fraction of sp³-hybridized carbons (Fsp3) is 0.333. The van der Waals surface area contributed by atoms with E-state index in [1.165, 1.54) is 35.4 Å². The maximum absolute atomic E-state index is 13.4. The molecule has 0 N–H and O–H groups in total. The normalized spacial score (nSPS) is 16.7. The van der Waals surface area contributed by atoms with E-state index in [0.717, 1.165) is 48.4 Å². The third-order valence-electron chi connectivity index (χ3n) is 8.06. The van der Waals surface area contributed by atoms with Crippen LogP contribution >= 0.6 is 22.9 Å². The summed E-state index contributed by atoms with van der Waals surface area (Å²) in [5.74, 6) is 0.0165. The van der Waals surface area contributed by atoms with E-state index in [-0.39, 0.29) is 12.0 Å². The summed E-state index contributed by atoms with van der Waals surface area (Å²) in [5, 5.41) is 10.6. The number of anilines is 1. The average molecular weight is 585 g/mol. The molecule has 41 heavy (non-hydrogen) atoms. The Hall–Kier alpha value is -3.41. The molecule has 0 saturated carbocycles. The van der Waals surface area contributed by atoms with E-state index in [0.29, 0.717) is 35.2 Å². The monoisotopic (exact) mass is 584 g/mol. The highest BCUT2D eigenvalue weighted by atomic mass is 35.5. The molecule has 1 aromatic heterocycles. The molecule has 3 heterocycles. The second-order valence-electron chi connectivity index (χ2n) is 10.7. The second-order valence-corrected chi connectivity index (χ2v) is 12.2. The number of hydrogen-bond donors (Lipinski definition) is 0. The minimum absolute atomic E-state index is 0.0165. The Morgan fingerprint density at radius 2 is 1.71 bits per heavy atom. The van der Waals surface area contributed by atoms with Crippen molar-refractivity contribution in [1.82, 2.24) is 9.80 Å². The van der Waals surface area contributed by atoms with Gasteiger partial charge in [-0.3, -0.25) is 9.69 Å². The highest BCUT2D eigenvalue weighted by Gasteiger charge is 2.28. The summed E-state index contributed by atoms with van der Waals surface area (Å²) in [5.41, 5.74) is 4.11. The van der Waals surface area contributed by atoms with Gasteiger partial charge >= 0.3 is 0 Å². The first kappa shape index (κ1) is 27.7. The fourth-order valence-electron chi connectivity index (χ4n) is 5.69. The largest absolute Gasteiger partial charge is 0.372 e. The molecule has 1 atom stereocenters. The highest BCUT2D eigenvalue weighted by molar-refractivity contribution is 7.21. The standard InChI is InChI=1S/C33H33ClN4O2S/c34-31-28-8-1-2-9-30(28)41-32(31)33(39)38-18-16-36(17-19-38)22-29(40-23-25-12-10-24(21-35)11-13-25)26-6-5-7-27(20-26)37-14-3-4-15-37/h1-2,5-13,20,29H,3-4,14-19,22-23H2/t29-/m1/s1. The Balaban J connectivity index is 1.14. The van der Waals surface area contributed by atoms with Crippen LogP contribution in [0.3, 0.4) is 0 Å². The van der Waals surface area contributed by atoms with Crippen molar-refractivity contribution in [2.24, 2.45) is 0 Å². The molecule has 2 saturated heterocycles. The summed E-state index contributed by atoms with van der Waals surface area (Å²) in [4.78, 5) is 20.8. The minimum atomic E-state index is -0.118. The predicted octanol–water partition coefficient (Wildman–Crippen LogP) is 6.74. The molecule has 6 nitrogen and oxygen atoms in total. The van der Waals surface area contributed by atoms with E-state index in [1.54, 1.807) is 0 Å². The lowest BCUT2D eigenvalue weighted by Gasteiger charge is -2.36. The van der Waals surface area contributed by atoms with E-state index in [9.17, 15) is 4.79 Å². The van der Waals surface area contributed by atoms with Crippen molar-refractivity contribution in [3.8, 4) is 6.07 Å². The number of piperazine rings is 1. The fourth-order valence-corrected chi connectivity index (χ4v) is 7.17. The number of halogens is 1. The van der Waals surface area contributed by atoms with Crippen LogP contribution < -0.4 is 4.90 Å². The van der Waals surface area contributed by atoms with Gasteiger partial charge in [0.2, 0.25) is 0 Å².